The summed E-state index contributed by atoms with van der Waals surface area (Å²) < 4.78 is 51.5. The Kier molecular flexibility index (Phi) is 4.14. The topological polar surface area (TPSA) is 75.9 Å². The molecule has 0 saturated carbocycles. The number of halogens is 5. The van der Waals surface area contributed by atoms with Gasteiger partial charge in [-0.05, 0) is 18.2 Å². The Morgan fingerprint density at radius 1 is 1.24 bits per heavy atom. The normalized spacial score (nSPS) is 11.3. The lowest BCUT2D eigenvalue weighted by atomic mass is 10.2. The molecule has 0 aliphatic carbocycles. The van der Waals surface area contributed by atoms with Gasteiger partial charge in [0, 0.05) is 0 Å². The van der Waals surface area contributed by atoms with Crippen molar-refractivity contribution in [3.63, 3.8) is 0 Å². The van der Waals surface area contributed by atoms with Gasteiger partial charge in [-0.2, -0.15) is 18.2 Å². The fraction of sp³-hybridized carbons (Fsp3) is 0.0909. The lowest BCUT2D eigenvalue weighted by Gasteiger charge is -2.12. The van der Waals surface area contributed by atoms with Gasteiger partial charge in [0.1, 0.15) is 0 Å². The summed E-state index contributed by atoms with van der Waals surface area (Å²) in [6.07, 6.45) is -3.73. The summed E-state index contributed by atoms with van der Waals surface area (Å²) >= 11 is 5.79. The van der Waals surface area contributed by atoms with Crippen LogP contribution in [0.5, 0.6) is 0 Å². The Morgan fingerprint density at radius 3 is 2.57 bits per heavy atom. The Morgan fingerprint density at radius 2 is 1.95 bits per heavy atom. The monoisotopic (exact) mass is 321 g/mol. The van der Waals surface area contributed by atoms with Crippen LogP contribution >= 0.6 is 11.6 Å². The maximum absolute atomic E-state index is 13.5. The second-order valence-corrected chi connectivity index (χ2v) is 4.26. The van der Waals surface area contributed by atoms with Gasteiger partial charge in [-0.1, -0.05) is 11.6 Å². The van der Waals surface area contributed by atoms with Crippen molar-refractivity contribution < 1.29 is 17.6 Å². The molecule has 0 fully saturated rings. The number of nitrogens with one attached hydrogen (secondary N) is 2. The first kappa shape index (κ1) is 15.3. The van der Waals surface area contributed by atoms with Crippen LogP contribution in [0.15, 0.2) is 24.4 Å². The quantitative estimate of drug-likeness (QED) is 0.459. The number of hydrogen-bond donors (Lipinski definition) is 3. The molecule has 0 spiro atoms. The number of anilines is 3. The average molecular weight is 322 g/mol. The van der Waals surface area contributed by atoms with Crippen LogP contribution in [-0.2, 0) is 6.18 Å². The summed E-state index contributed by atoms with van der Waals surface area (Å²) in [7, 11) is 0. The number of hydrogen-bond acceptors (Lipinski definition) is 5. The highest BCUT2D eigenvalue weighted by Crippen LogP contribution is 2.35. The second kappa shape index (κ2) is 5.70. The number of hydrazine groups is 1. The molecule has 4 N–H and O–H groups in total. The largest absolute Gasteiger partial charge is 0.416 e. The first-order valence-electron chi connectivity index (χ1n) is 5.44. The van der Waals surface area contributed by atoms with Gasteiger partial charge >= 0.3 is 6.18 Å². The van der Waals surface area contributed by atoms with Gasteiger partial charge in [0.05, 0.1) is 22.5 Å². The third kappa shape index (κ3) is 3.50. The number of nitrogens with two attached hydrogens (primary N) is 1. The molecule has 0 saturated heterocycles. The van der Waals surface area contributed by atoms with E-state index >= 15 is 0 Å². The summed E-state index contributed by atoms with van der Waals surface area (Å²) in [6.45, 7) is 0. The number of alkyl halides is 3. The minimum Gasteiger partial charge on any atom is -0.336 e. The molecule has 0 amide bonds. The Labute approximate surface area is 121 Å². The van der Waals surface area contributed by atoms with Crippen molar-refractivity contribution in [2.75, 3.05) is 10.7 Å². The van der Waals surface area contributed by atoms with Crippen molar-refractivity contribution in [1.82, 2.24) is 9.97 Å². The fourth-order valence-electron chi connectivity index (χ4n) is 1.45. The van der Waals surface area contributed by atoms with Gasteiger partial charge in [0.25, 0.3) is 0 Å². The summed E-state index contributed by atoms with van der Waals surface area (Å²) in [5, 5.41) is 2.35. The highest BCUT2D eigenvalue weighted by atomic mass is 35.5. The van der Waals surface area contributed by atoms with E-state index in [0.717, 1.165) is 24.4 Å². The molecule has 2 aromatic rings. The zero-order chi connectivity index (χ0) is 15.6. The third-order valence-corrected chi connectivity index (χ3v) is 2.75. The van der Waals surface area contributed by atoms with Gasteiger partial charge in [0.15, 0.2) is 11.6 Å². The van der Waals surface area contributed by atoms with Crippen LogP contribution in [-0.4, -0.2) is 9.97 Å². The van der Waals surface area contributed by atoms with E-state index < -0.39 is 17.6 Å². The molecule has 10 heteroatoms. The average Bonchev–Trinajstić information content (AvgIpc) is 2.42. The number of rotatable bonds is 3. The molecule has 1 heterocycles. The van der Waals surface area contributed by atoms with Crippen LogP contribution in [0.25, 0.3) is 0 Å². The predicted octanol–water partition coefficient (Wildman–Crippen LogP) is 3.32. The number of benzene rings is 1. The van der Waals surface area contributed by atoms with Crippen LogP contribution in [0.1, 0.15) is 5.56 Å². The van der Waals surface area contributed by atoms with Crippen molar-refractivity contribution in [2.45, 2.75) is 6.18 Å². The molecule has 0 unspecified atom stereocenters. The molecule has 2 rings (SSSR count). The van der Waals surface area contributed by atoms with E-state index in [2.05, 4.69) is 20.7 Å². The lowest BCUT2D eigenvalue weighted by molar-refractivity contribution is -0.137. The number of nitrogens with zero attached hydrogens (tertiary/aromatic N) is 2. The third-order valence-electron chi connectivity index (χ3n) is 2.42. The minimum atomic E-state index is -4.55. The van der Waals surface area contributed by atoms with Gasteiger partial charge in [-0.15, -0.1) is 0 Å². The van der Waals surface area contributed by atoms with E-state index in [0.29, 0.717) is 0 Å². The Balaban J connectivity index is 2.39. The Hall–Kier alpha value is -2.13. The molecule has 21 heavy (non-hydrogen) atoms. The molecule has 1 aromatic carbocycles. The summed E-state index contributed by atoms with van der Waals surface area (Å²) in [6, 6.07) is 2.62. The number of nitrogen functional groups attached to an aromatic ring is 1. The fourth-order valence-corrected chi connectivity index (χ4v) is 1.61. The molecule has 112 valence electrons. The van der Waals surface area contributed by atoms with E-state index in [4.69, 9.17) is 17.4 Å². The predicted molar refractivity (Wildman–Crippen MR) is 69.5 cm³/mol. The van der Waals surface area contributed by atoms with Crippen molar-refractivity contribution in [2.24, 2.45) is 5.84 Å². The molecule has 0 radical (unpaired) electrons. The first-order chi connectivity index (χ1) is 9.81. The van der Waals surface area contributed by atoms with Gasteiger partial charge in [0.2, 0.25) is 5.95 Å². The van der Waals surface area contributed by atoms with E-state index in [1.807, 2.05) is 0 Å². The Bertz CT molecular complexity index is 662. The molecule has 5 nitrogen and oxygen atoms in total. The van der Waals surface area contributed by atoms with Crippen LogP contribution < -0.4 is 16.6 Å². The van der Waals surface area contributed by atoms with Crippen molar-refractivity contribution in [1.29, 1.82) is 0 Å². The lowest BCUT2D eigenvalue weighted by Crippen LogP contribution is -2.12. The van der Waals surface area contributed by atoms with Gasteiger partial charge in [-0.25, -0.2) is 15.2 Å². The van der Waals surface area contributed by atoms with E-state index in [9.17, 15) is 17.6 Å². The van der Waals surface area contributed by atoms with Crippen LogP contribution in [0.3, 0.4) is 0 Å². The molecular formula is C11H8ClF4N5. The van der Waals surface area contributed by atoms with Crippen LogP contribution in [0, 0.1) is 5.82 Å². The summed E-state index contributed by atoms with van der Waals surface area (Å²) in [4.78, 5) is 7.15. The van der Waals surface area contributed by atoms with Gasteiger partial charge < -0.3 is 5.32 Å². The zero-order valence-electron chi connectivity index (χ0n) is 10.2. The number of aromatic nitrogens is 2. The van der Waals surface area contributed by atoms with Crippen LogP contribution in [0.2, 0.25) is 5.02 Å². The molecule has 0 atom stereocenters. The van der Waals surface area contributed by atoms with Crippen molar-refractivity contribution in [3.8, 4) is 0 Å². The van der Waals surface area contributed by atoms with Crippen molar-refractivity contribution in [3.05, 3.63) is 40.8 Å². The molecule has 0 aliphatic rings. The van der Waals surface area contributed by atoms with E-state index in [1.165, 1.54) is 0 Å². The van der Waals surface area contributed by atoms with Crippen molar-refractivity contribution >= 4 is 29.1 Å². The van der Waals surface area contributed by atoms with Crippen LogP contribution in [0.4, 0.5) is 35.0 Å². The first-order valence-corrected chi connectivity index (χ1v) is 5.82. The smallest absolute Gasteiger partial charge is 0.336 e. The van der Waals surface area contributed by atoms with E-state index in [-0.39, 0.29) is 22.5 Å². The zero-order valence-corrected chi connectivity index (χ0v) is 10.9. The molecular weight excluding hydrogens is 314 g/mol. The maximum Gasteiger partial charge on any atom is 0.416 e. The summed E-state index contributed by atoms with van der Waals surface area (Å²) in [5.74, 6) is 3.73. The molecule has 1 aromatic heterocycles. The maximum atomic E-state index is 13.5. The summed E-state index contributed by atoms with van der Waals surface area (Å²) in [5.41, 5.74) is 1.01. The highest BCUT2D eigenvalue weighted by molar-refractivity contribution is 6.33. The molecule has 0 bridgehead atoms. The standard InChI is InChI=1S/C11H8ClF4N5/c12-6-2-1-5(11(14,15)16)3-8(6)19-9-7(13)4-18-10(20-9)21-17/h1-4H,17H2,(H2,18,19,20,21). The second-order valence-electron chi connectivity index (χ2n) is 3.85. The van der Waals surface area contributed by atoms with Gasteiger partial charge in [-0.3, -0.25) is 5.43 Å². The minimum absolute atomic E-state index is 0.0248. The SMILES string of the molecule is NNc1ncc(F)c(Nc2cc(C(F)(F)F)ccc2Cl)n1. The highest BCUT2D eigenvalue weighted by Gasteiger charge is 2.31. The molecule has 0 aliphatic heterocycles. The van der Waals surface area contributed by atoms with E-state index in [1.54, 1.807) is 0 Å².